The van der Waals surface area contributed by atoms with Gasteiger partial charge in [0.2, 0.25) is 5.28 Å². The quantitative estimate of drug-likeness (QED) is 0.310. The summed E-state index contributed by atoms with van der Waals surface area (Å²) in [5.74, 6) is 1.51. The van der Waals surface area contributed by atoms with Crippen molar-refractivity contribution in [1.82, 2.24) is 15.0 Å². The van der Waals surface area contributed by atoms with Crippen molar-refractivity contribution in [2.75, 3.05) is 0 Å². The molecule has 0 radical (unpaired) electrons. The summed E-state index contributed by atoms with van der Waals surface area (Å²) in [6, 6.07) is 22.8. The first-order chi connectivity index (χ1) is 17.2. The molecule has 4 heteroatoms. The Labute approximate surface area is 208 Å². The summed E-state index contributed by atoms with van der Waals surface area (Å²) < 4.78 is 0. The molecule has 3 nitrogen and oxygen atoms in total. The first-order valence-corrected chi connectivity index (χ1v) is 12.1. The maximum absolute atomic E-state index is 6.30. The molecule has 0 aliphatic heterocycles. The predicted octanol–water partition coefficient (Wildman–Crippen LogP) is 7.62. The van der Waals surface area contributed by atoms with E-state index in [-0.39, 0.29) is 5.28 Å². The highest BCUT2D eigenvalue weighted by atomic mass is 35.5. The molecule has 3 aromatic carbocycles. The lowest BCUT2D eigenvalue weighted by atomic mass is 9.70. The molecule has 1 atom stereocenters. The van der Waals surface area contributed by atoms with Crippen LogP contribution in [0.5, 0.6) is 0 Å². The highest BCUT2D eigenvalue weighted by Crippen LogP contribution is 2.47. The van der Waals surface area contributed by atoms with Gasteiger partial charge in [0.05, 0.1) is 0 Å². The van der Waals surface area contributed by atoms with Crippen LogP contribution in [0, 0.1) is 0 Å². The Balaban J connectivity index is 1.31. The van der Waals surface area contributed by atoms with Gasteiger partial charge in [-0.15, -0.1) is 0 Å². The summed E-state index contributed by atoms with van der Waals surface area (Å²) >= 11 is 6.30. The smallest absolute Gasteiger partial charge is 0.208 e. The predicted molar refractivity (Wildman–Crippen MR) is 142 cm³/mol. The van der Waals surface area contributed by atoms with Crippen molar-refractivity contribution in [3.05, 3.63) is 130 Å². The van der Waals surface area contributed by atoms with Gasteiger partial charge in [-0.2, -0.15) is 9.97 Å². The van der Waals surface area contributed by atoms with Gasteiger partial charge in [-0.1, -0.05) is 91.1 Å². The van der Waals surface area contributed by atoms with Crippen molar-refractivity contribution in [2.24, 2.45) is 0 Å². The maximum atomic E-state index is 6.30. The van der Waals surface area contributed by atoms with Gasteiger partial charge in [-0.05, 0) is 69.1 Å². The van der Waals surface area contributed by atoms with Crippen LogP contribution in [0.15, 0.2) is 108 Å². The minimum atomic E-state index is 0.190. The molecule has 166 valence electrons. The van der Waals surface area contributed by atoms with E-state index in [0.717, 1.165) is 23.1 Å². The molecule has 0 amide bonds. The average molecular weight is 470 g/mol. The van der Waals surface area contributed by atoms with Crippen molar-refractivity contribution in [3.63, 3.8) is 0 Å². The summed E-state index contributed by atoms with van der Waals surface area (Å²) in [7, 11) is 0. The highest BCUT2D eigenvalue weighted by Gasteiger charge is 2.30. The van der Waals surface area contributed by atoms with Gasteiger partial charge >= 0.3 is 0 Å². The second-order valence-electron chi connectivity index (χ2n) is 9.04. The van der Waals surface area contributed by atoms with E-state index < -0.39 is 0 Å². The van der Waals surface area contributed by atoms with Gasteiger partial charge in [0.15, 0.2) is 11.6 Å². The van der Waals surface area contributed by atoms with Crippen LogP contribution in [0.2, 0.25) is 5.28 Å². The number of hydrogen-bond acceptors (Lipinski definition) is 3. The van der Waals surface area contributed by atoms with Crippen molar-refractivity contribution in [2.45, 2.75) is 12.3 Å². The molecule has 0 N–H and O–H groups in total. The third-order valence-corrected chi connectivity index (χ3v) is 7.11. The van der Waals surface area contributed by atoms with Crippen molar-refractivity contribution in [3.8, 4) is 33.9 Å². The van der Waals surface area contributed by atoms with Crippen LogP contribution in [0.4, 0.5) is 0 Å². The van der Waals surface area contributed by atoms with Crippen LogP contribution in [-0.4, -0.2) is 15.0 Å². The Kier molecular flexibility index (Phi) is 4.64. The van der Waals surface area contributed by atoms with E-state index in [2.05, 4.69) is 76.8 Å². The minimum absolute atomic E-state index is 0.190. The van der Waals surface area contributed by atoms with Crippen LogP contribution in [-0.2, 0) is 6.42 Å². The Morgan fingerprint density at radius 3 is 2.37 bits per heavy atom. The zero-order chi connectivity index (χ0) is 23.4. The molecule has 3 aliphatic rings. The normalized spacial score (nSPS) is 17.0. The Morgan fingerprint density at radius 2 is 1.49 bits per heavy atom. The minimum Gasteiger partial charge on any atom is -0.208 e. The third kappa shape index (κ3) is 3.48. The zero-order valence-corrected chi connectivity index (χ0v) is 19.6. The van der Waals surface area contributed by atoms with E-state index >= 15 is 0 Å². The first kappa shape index (κ1) is 20.3. The van der Waals surface area contributed by atoms with Crippen LogP contribution >= 0.6 is 11.6 Å². The fraction of sp³-hybridized carbons (Fsp3) is 0.0645. The lowest BCUT2D eigenvalue weighted by Crippen LogP contribution is -2.17. The number of rotatable bonds is 3. The fourth-order valence-electron chi connectivity index (χ4n) is 5.34. The molecule has 4 aromatic rings. The molecule has 7 rings (SSSR count). The van der Waals surface area contributed by atoms with E-state index in [0.29, 0.717) is 17.6 Å². The number of hydrogen-bond donors (Lipinski definition) is 0. The molecule has 0 fully saturated rings. The highest BCUT2D eigenvalue weighted by molar-refractivity contribution is 6.28. The molecule has 0 bridgehead atoms. The Bertz CT molecular complexity index is 1630. The lowest BCUT2D eigenvalue weighted by molar-refractivity contribution is 0.893. The first-order valence-electron chi connectivity index (χ1n) is 11.7. The van der Waals surface area contributed by atoms with Gasteiger partial charge < -0.3 is 0 Å². The molecular weight excluding hydrogens is 450 g/mol. The Hall–Kier alpha value is -4.08. The second kappa shape index (κ2) is 8.00. The maximum Gasteiger partial charge on any atom is 0.226 e. The molecule has 1 heterocycles. The molecule has 1 aromatic heterocycles. The van der Waals surface area contributed by atoms with Gasteiger partial charge in [0.25, 0.3) is 0 Å². The summed E-state index contributed by atoms with van der Waals surface area (Å²) in [5, 5.41) is 0.190. The topological polar surface area (TPSA) is 38.7 Å². The molecule has 0 saturated carbocycles. The number of nitrogens with zero attached hydrogens (tertiary/aromatic N) is 3. The van der Waals surface area contributed by atoms with Crippen molar-refractivity contribution in [1.29, 1.82) is 0 Å². The number of aromatic nitrogens is 3. The standard InChI is InChI=1S/C31H20ClN3/c32-31-34-29(21-6-2-1-3-7-21)33-30(35-31)25-11-5-10-22(16-25)26-17-23-14-12-19-8-4-9-20-13-15-24(18-26)28(23)27(19)20/h1-14,16-18,27H,15H2. The second-order valence-corrected chi connectivity index (χ2v) is 9.38. The largest absolute Gasteiger partial charge is 0.226 e. The van der Waals surface area contributed by atoms with Crippen molar-refractivity contribution >= 4 is 17.7 Å². The number of halogens is 1. The van der Waals surface area contributed by atoms with Crippen LogP contribution in [0.1, 0.15) is 22.6 Å². The van der Waals surface area contributed by atoms with E-state index in [1.807, 2.05) is 36.4 Å². The van der Waals surface area contributed by atoms with Crippen LogP contribution in [0.25, 0.3) is 40.0 Å². The molecule has 1 unspecified atom stereocenters. The van der Waals surface area contributed by atoms with Gasteiger partial charge in [-0.3, -0.25) is 0 Å². The van der Waals surface area contributed by atoms with Gasteiger partial charge in [-0.25, -0.2) is 4.98 Å². The van der Waals surface area contributed by atoms with Crippen molar-refractivity contribution < 1.29 is 0 Å². The summed E-state index contributed by atoms with van der Waals surface area (Å²) in [5.41, 5.74) is 11.1. The van der Waals surface area contributed by atoms with Crippen LogP contribution in [0.3, 0.4) is 0 Å². The molecule has 0 spiro atoms. The van der Waals surface area contributed by atoms with Gasteiger partial charge in [0, 0.05) is 17.0 Å². The van der Waals surface area contributed by atoms with Crippen LogP contribution < -0.4 is 0 Å². The lowest BCUT2D eigenvalue weighted by Gasteiger charge is -2.33. The third-order valence-electron chi connectivity index (χ3n) is 6.94. The molecule has 35 heavy (non-hydrogen) atoms. The Morgan fingerprint density at radius 1 is 0.686 bits per heavy atom. The van der Waals surface area contributed by atoms with E-state index in [9.17, 15) is 0 Å². The fourth-order valence-corrected chi connectivity index (χ4v) is 5.50. The van der Waals surface area contributed by atoms with Gasteiger partial charge in [0.1, 0.15) is 0 Å². The SMILES string of the molecule is Clc1nc(-c2ccccc2)nc(-c2cccc(-c3cc4c5c(c3)CC=C3C=CC=C(C=C4)C35)c2)n1. The molecule has 0 saturated heterocycles. The number of benzene rings is 3. The number of allylic oxidation sites excluding steroid dienone is 7. The zero-order valence-electron chi connectivity index (χ0n) is 18.8. The average Bonchev–Trinajstić information content (AvgIpc) is 2.92. The summed E-state index contributed by atoms with van der Waals surface area (Å²) in [6.07, 6.45) is 14.5. The summed E-state index contributed by atoms with van der Waals surface area (Å²) in [6.45, 7) is 0. The monoisotopic (exact) mass is 469 g/mol. The summed E-state index contributed by atoms with van der Waals surface area (Å²) in [4.78, 5) is 13.5. The van der Waals surface area contributed by atoms with E-state index in [4.69, 9.17) is 16.6 Å². The van der Waals surface area contributed by atoms with E-state index in [1.54, 1.807) is 0 Å². The molecular formula is C31H20ClN3. The molecule has 3 aliphatic carbocycles. The van der Waals surface area contributed by atoms with E-state index in [1.165, 1.54) is 33.4 Å².